The summed E-state index contributed by atoms with van der Waals surface area (Å²) in [7, 11) is 0. The average molecular weight is 318 g/mol. The molecule has 3 aromatic rings. The van der Waals surface area contributed by atoms with Crippen molar-refractivity contribution in [3.05, 3.63) is 75.9 Å². The molecule has 3 N–H and O–H groups in total. The molecule has 0 bridgehead atoms. The van der Waals surface area contributed by atoms with Crippen molar-refractivity contribution in [3.63, 3.8) is 0 Å². The van der Waals surface area contributed by atoms with Crippen LogP contribution in [0.15, 0.2) is 54.7 Å². The van der Waals surface area contributed by atoms with E-state index >= 15 is 0 Å². The van der Waals surface area contributed by atoms with E-state index in [2.05, 4.69) is 10.4 Å². The fraction of sp³-hybridized carbons (Fsp3) is 0.0625. The molecular formula is C16H13Cl2N3. The van der Waals surface area contributed by atoms with E-state index in [1.54, 1.807) is 12.3 Å². The van der Waals surface area contributed by atoms with Crippen molar-refractivity contribution in [3.8, 4) is 0 Å². The predicted molar refractivity (Wildman–Crippen MR) is 87.4 cm³/mol. The molecule has 0 aliphatic rings. The van der Waals surface area contributed by atoms with Crippen molar-refractivity contribution < 1.29 is 0 Å². The number of halogens is 2. The lowest BCUT2D eigenvalue weighted by atomic mass is 9.96. The van der Waals surface area contributed by atoms with Gasteiger partial charge in [0.2, 0.25) is 0 Å². The van der Waals surface area contributed by atoms with Gasteiger partial charge in [-0.1, -0.05) is 41.4 Å². The van der Waals surface area contributed by atoms with Crippen LogP contribution in [0, 0.1) is 0 Å². The Balaban J connectivity index is 2.18. The largest absolute Gasteiger partial charge is 0.271 e. The summed E-state index contributed by atoms with van der Waals surface area (Å²) < 4.78 is 0. The Kier molecular flexibility index (Phi) is 4.08. The van der Waals surface area contributed by atoms with E-state index in [4.69, 9.17) is 29.0 Å². The summed E-state index contributed by atoms with van der Waals surface area (Å²) in [6.07, 6.45) is 1.77. The number of nitrogens with zero attached hydrogens (tertiary/aromatic N) is 1. The number of hydrogen-bond acceptors (Lipinski definition) is 3. The molecule has 3 nitrogen and oxygen atoms in total. The van der Waals surface area contributed by atoms with Crippen LogP contribution in [-0.2, 0) is 0 Å². The summed E-state index contributed by atoms with van der Waals surface area (Å²) in [6, 6.07) is 15.1. The molecule has 0 radical (unpaired) electrons. The van der Waals surface area contributed by atoms with E-state index in [9.17, 15) is 0 Å². The van der Waals surface area contributed by atoms with Crippen molar-refractivity contribution in [2.24, 2.45) is 5.84 Å². The Bertz CT molecular complexity index is 764. The van der Waals surface area contributed by atoms with Crippen LogP contribution in [0.1, 0.15) is 17.2 Å². The molecule has 0 saturated carbocycles. The lowest BCUT2D eigenvalue weighted by Crippen LogP contribution is -2.29. The van der Waals surface area contributed by atoms with Gasteiger partial charge in [-0.05, 0) is 41.5 Å². The highest BCUT2D eigenvalue weighted by atomic mass is 35.5. The Morgan fingerprint density at radius 2 is 1.76 bits per heavy atom. The molecule has 1 heterocycles. The average Bonchev–Trinajstić information content (AvgIpc) is 2.47. The first kappa shape index (κ1) is 14.3. The topological polar surface area (TPSA) is 50.9 Å². The summed E-state index contributed by atoms with van der Waals surface area (Å²) in [6.45, 7) is 0. The van der Waals surface area contributed by atoms with Crippen molar-refractivity contribution in [1.29, 1.82) is 0 Å². The standard InChI is InChI=1S/C16H13Cl2N3/c17-11-7-10(8-12(18)9-11)16(21-19)14-3-1-5-15-13(14)4-2-6-20-15/h1-9,16,21H,19H2. The van der Waals surface area contributed by atoms with Crippen molar-refractivity contribution in [2.45, 2.75) is 6.04 Å². The molecule has 0 saturated heterocycles. The van der Waals surface area contributed by atoms with Crippen molar-refractivity contribution in [1.82, 2.24) is 10.4 Å². The highest BCUT2D eigenvalue weighted by molar-refractivity contribution is 6.34. The van der Waals surface area contributed by atoms with Crippen LogP contribution in [0.25, 0.3) is 10.9 Å². The summed E-state index contributed by atoms with van der Waals surface area (Å²) in [5.41, 5.74) is 5.69. The Morgan fingerprint density at radius 3 is 2.48 bits per heavy atom. The van der Waals surface area contributed by atoms with E-state index in [0.717, 1.165) is 22.0 Å². The van der Waals surface area contributed by atoms with Crippen LogP contribution in [-0.4, -0.2) is 4.98 Å². The van der Waals surface area contributed by atoms with E-state index in [0.29, 0.717) is 10.0 Å². The third-order valence-corrected chi connectivity index (χ3v) is 3.81. The molecule has 1 aromatic heterocycles. The molecule has 0 spiro atoms. The minimum atomic E-state index is -0.214. The van der Waals surface area contributed by atoms with E-state index in [-0.39, 0.29) is 6.04 Å². The number of nitrogens with one attached hydrogen (secondary N) is 1. The maximum Gasteiger partial charge on any atom is 0.0717 e. The second kappa shape index (κ2) is 6.00. The van der Waals surface area contributed by atoms with Gasteiger partial charge in [0.1, 0.15) is 0 Å². The molecule has 106 valence electrons. The fourth-order valence-corrected chi connectivity index (χ4v) is 3.03. The third kappa shape index (κ3) is 2.87. The summed E-state index contributed by atoms with van der Waals surface area (Å²) >= 11 is 12.2. The fourth-order valence-electron chi connectivity index (χ4n) is 2.49. The van der Waals surface area contributed by atoms with Gasteiger partial charge in [-0.2, -0.15) is 0 Å². The SMILES string of the molecule is NNC(c1cc(Cl)cc(Cl)c1)c1cccc2ncccc12. The monoisotopic (exact) mass is 317 g/mol. The normalized spacial score (nSPS) is 12.5. The zero-order valence-electron chi connectivity index (χ0n) is 11.1. The summed E-state index contributed by atoms with van der Waals surface area (Å²) in [4.78, 5) is 4.37. The van der Waals surface area contributed by atoms with Gasteiger partial charge in [0.05, 0.1) is 11.6 Å². The molecule has 0 aliphatic carbocycles. The van der Waals surface area contributed by atoms with Crippen LogP contribution in [0.4, 0.5) is 0 Å². The molecule has 0 amide bonds. The number of benzene rings is 2. The second-order valence-electron chi connectivity index (χ2n) is 4.72. The van der Waals surface area contributed by atoms with Crippen LogP contribution in [0.5, 0.6) is 0 Å². The first-order chi connectivity index (χ1) is 10.2. The molecule has 1 unspecified atom stereocenters. The van der Waals surface area contributed by atoms with E-state index in [1.165, 1.54) is 0 Å². The Morgan fingerprint density at radius 1 is 1.00 bits per heavy atom. The van der Waals surface area contributed by atoms with Crippen molar-refractivity contribution >= 4 is 34.1 Å². The van der Waals surface area contributed by atoms with E-state index < -0.39 is 0 Å². The number of rotatable bonds is 3. The quantitative estimate of drug-likeness (QED) is 0.565. The number of aromatic nitrogens is 1. The lowest BCUT2D eigenvalue weighted by Gasteiger charge is -2.19. The number of pyridine rings is 1. The van der Waals surface area contributed by atoms with Gasteiger partial charge in [-0.15, -0.1) is 0 Å². The van der Waals surface area contributed by atoms with Gasteiger partial charge in [0.15, 0.2) is 0 Å². The molecule has 0 fully saturated rings. The van der Waals surface area contributed by atoms with Gasteiger partial charge >= 0.3 is 0 Å². The number of hydrazine groups is 1. The van der Waals surface area contributed by atoms with E-state index in [1.807, 2.05) is 42.5 Å². The second-order valence-corrected chi connectivity index (χ2v) is 5.59. The van der Waals surface area contributed by atoms with Crippen LogP contribution in [0.2, 0.25) is 10.0 Å². The molecule has 2 aromatic carbocycles. The minimum absolute atomic E-state index is 0.214. The zero-order valence-corrected chi connectivity index (χ0v) is 12.6. The van der Waals surface area contributed by atoms with Crippen molar-refractivity contribution in [2.75, 3.05) is 0 Å². The Hall–Kier alpha value is -1.65. The summed E-state index contributed by atoms with van der Waals surface area (Å²) in [5, 5.41) is 2.20. The van der Waals surface area contributed by atoms with Crippen LogP contribution >= 0.6 is 23.2 Å². The molecule has 21 heavy (non-hydrogen) atoms. The lowest BCUT2D eigenvalue weighted by molar-refractivity contribution is 0.641. The maximum absolute atomic E-state index is 6.09. The predicted octanol–water partition coefficient (Wildman–Crippen LogP) is 4.09. The molecular weight excluding hydrogens is 305 g/mol. The molecule has 5 heteroatoms. The number of hydrogen-bond donors (Lipinski definition) is 2. The van der Waals surface area contributed by atoms with Gasteiger partial charge in [0, 0.05) is 21.6 Å². The van der Waals surface area contributed by atoms with Gasteiger partial charge in [0.25, 0.3) is 0 Å². The van der Waals surface area contributed by atoms with Gasteiger partial charge < -0.3 is 0 Å². The maximum atomic E-state index is 6.09. The molecule has 0 aliphatic heterocycles. The van der Waals surface area contributed by atoms with Gasteiger partial charge in [-0.3, -0.25) is 10.8 Å². The van der Waals surface area contributed by atoms with Gasteiger partial charge in [-0.25, -0.2) is 5.43 Å². The highest BCUT2D eigenvalue weighted by Crippen LogP contribution is 2.30. The first-order valence-electron chi connectivity index (χ1n) is 6.45. The highest BCUT2D eigenvalue weighted by Gasteiger charge is 2.16. The Labute approximate surface area is 132 Å². The molecule has 1 atom stereocenters. The smallest absolute Gasteiger partial charge is 0.0717 e. The number of fused-ring (bicyclic) bond motifs is 1. The third-order valence-electron chi connectivity index (χ3n) is 3.38. The first-order valence-corrected chi connectivity index (χ1v) is 7.20. The zero-order chi connectivity index (χ0) is 14.8. The number of nitrogens with two attached hydrogens (primary N) is 1. The van der Waals surface area contributed by atoms with Crippen LogP contribution < -0.4 is 11.3 Å². The van der Waals surface area contributed by atoms with Crippen LogP contribution in [0.3, 0.4) is 0 Å². The summed E-state index contributed by atoms with van der Waals surface area (Å²) in [5.74, 6) is 5.77. The molecule has 3 rings (SSSR count). The minimum Gasteiger partial charge on any atom is -0.271 e.